The molecule has 5 rings (SSSR count). The molecule has 2 aromatic carbocycles. The Morgan fingerprint density at radius 2 is 1.71 bits per heavy atom. The average molecular weight is 474 g/mol. The average Bonchev–Trinajstić information content (AvgIpc) is 3.55. The summed E-state index contributed by atoms with van der Waals surface area (Å²) in [6, 6.07) is 24.3. The van der Waals surface area contributed by atoms with Gasteiger partial charge in [0.1, 0.15) is 0 Å². The molecule has 1 amide bonds. The van der Waals surface area contributed by atoms with Gasteiger partial charge < -0.3 is 9.73 Å². The Labute approximate surface area is 203 Å². The summed E-state index contributed by atoms with van der Waals surface area (Å²) in [5.74, 6) is 1.56. The van der Waals surface area contributed by atoms with Crippen LogP contribution in [-0.4, -0.2) is 50.5 Å². The van der Waals surface area contributed by atoms with E-state index in [0.717, 1.165) is 38.2 Å². The van der Waals surface area contributed by atoms with E-state index in [-0.39, 0.29) is 17.7 Å². The first-order chi connectivity index (χ1) is 16.8. The van der Waals surface area contributed by atoms with Crippen molar-refractivity contribution >= 4 is 17.7 Å². The molecule has 0 aliphatic carbocycles. The zero-order valence-corrected chi connectivity index (χ0v) is 19.7. The lowest BCUT2D eigenvalue weighted by atomic mass is 10.0. The van der Waals surface area contributed by atoms with Crippen LogP contribution in [0.4, 0.5) is 0 Å². The number of nitrogens with zero attached hydrogens (tertiary/aromatic N) is 4. The molecule has 4 aromatic rings. The second-order valence-electron chi connectivity index (χ2n) is 8.35. The summed E-state index contributed by atoms with van der Waals surface area (Å²) < 4.78 is 7.48. The minimum Gasteiger partial charge on any atom is -0.461 e. The largest absolute Gasteiger partial charge is 0.461 e. The Hall–Kier alpha value is -3.36. The Morgan fingerprint density at radius 3 is 2.41 bits per heavy atom. The van der Waals surface area contributed by atoms with Gasteiger partial charge in [-0.05, 0) is 42.7 Å². The molecule has 0 unspecified atom stereocenters. The number of hydrogen-bond acceptors (Lipinski definition) is 6. The minimum absolute atomic E-state index is 0.0219. The highest BCUT2D eigenvalue weighted by Crippen LogP contribution is 2.28. The lowest BCUT2D eigenvalue weighted by Crippen LogP contribution is -2.44. The zero-order chi connectivity index (χ0) is 23.2. The summed E-state index contributed by atoms with van der Waals surface area (Å²) >= 11 is 1.38. The molecule has 0 radical (unpaired) electrons. The van der Waals surface area contributed by atoms with Crippen LogP contribution in [0.3, 0.4) is 0 Å². The molecule has 0 atom stereocenters. The van der Waals surface area contributed by atoms with Crippen LogP contribution >= 0.6 is 11.8 Å². The van der Waals surface area contributed by atoms with E-state index in [4.69, 9.17) is 4.42 Å². The standard InChI is InChI=1S/C26H27N5O2S/c32-24(27-21-13-15-30(16-14-21)18-20-8-3-1-4-9-20)19-34-26-29-28-25(23-12-7-17-33-23)31(26)22-10-5-2-6-11-22/h1-12,17,21H,13-16,18-19H2,(H,27,32). The highest BCUT2D eigenvalue weighted by molar-refractivity contribution is 7.99. The summed E-state index contributed by atoms with van der Waals surface area (Å²) in [5.41, 5.74) is 2.26. The smallest absolute Gasteiger partial charge is 0.230 e. The highest BCUT2D eigenvalue weighted by atomic mass is 32.2. The maximum Gasteiger partial charge on any atom is 0.230 e. The van der Waals surface area contributed by atoms with Crippen molar-refractivity contribution in [3.8, 4) is 17.3 Å². The van der Waals surface area contributed by atoms with Crippen LogP contribution in [-0.2, 0) is 11.3 Å². The third-order valence-electron chi connectivity index (χ3n) is 5.92. The highest BCUT2D eigenvalue weighted by Gasteiger charge is 2.22. The first-order valence-electron chi connectivity index (χ1n) is 11.5. The van der Waals surface area contributed by atoms with Gasteiger partial charge in [-0.25, -0.2) is 0 Å². The van der Waals surface area contributed by atoms with Gasteiger partial charge in [-0.1, -0.05) is 60.3 Å². The van der Waals surface area contributed by atoms with Gasteiger partial charge in [-0.2, -0.15) is 0 Å². The van der Waals surface area contributed by atoms with E-state index in [0.29, 0.717) is 16.7 Å². The summed E-state index contributed by atoms with van der Waals surface area (Å²) in [6.45, 7) is 2.94. The minimum atomic E-state index is 0.0219. The van der Waals surface area contributed by atoms with Crippen molar-refractivity contribution in [2.45, 2.75) is 30.6 Å². The van der Waals surface area contributed by atoms with Crippen LogP contribution in [0.2, 0.25) is 0 Å². The van der Waals surface area contributed by atoms with Crippen LogP contribution in [0.5, 0.6) is 0 Å². The van der Waals surface area contributed by atoms with Crippen molar-refractivity contribution < 1.29 is 9.21 Å². The summed E-state index contributed by atoms with van der Waals surface area (Å²) in [6.07, 6.45) is 3.54. The number of hydrogen-bond donors (Lipinski definition) is 1. The quantitative estimate of drug-likeness (QED) is 0.382. The number of para-hydroxylation sites is 1. The molecule has 34 heavy (non-hydrogen) atoms. The molecule has 3 heterocycles. The van der Waals surface area contributed by atoms with Gasteiger partial charge in [0, 0.05) is 31.4 Å². The summed E-state index contributed by atoms with van der Waals surface area (Å²) in [7, 11) is 0. The van der Waals surface area contributed by atoms with Crippen LogP contribution in [0.25, 0.3) is 17.3 Å². The molecule has 7 nitrogen and oxygen atoms in total. The SMILES string of the molecule is O=C(CSc1nnc(-c2ccco2)n1-c1ccccc1)NC1CCN(Cc2ccccc2)CC1. The van der Waals surface area contributed by atoms with Crippen molar-refractivity contribution in [3.05, 3.63) is 84.6 Å². The molecule has 0 bridgehead atoms. The van der Waals surface area contributed by atoms with E-state index in [1.807, 2.05) is 53.1 Å². The third-order valence-corrected chi connectivity index (χ3v) is 6.85. The number of aromatic nitrogens is 3. The zero-order valence-electron chi connectivity index (χ0n) is 18.8. The lowest BCUT2D eigenvalue weighted by molar-refractivity contribution is -0.119. The predicted molar refractivity (Wildman–Crippen MR) is 133 cm³/mol. The molecule has 2 aromatic heterocycles. The number of furan rings is 1. The Balaban J connectivity index is 1.17. The number of thioether (sulfide) groups is 1. The third kappa shape index (κ3) is 5.40. The maximum absolute atomic E-state index is 12.7. The first kappa shape index (κ1) is 22.4. The number of carbonyl (C=O) groups excluding carboxylic acids is 1. The van der Waals surface area contributed by atoms with E-state index in [1.165, 1.54) is 17.3 Å². The second-order valence-corrected chi connectivity index (χ2v) is 9.29. The second kappa shape index (κ2) is 10.7. The number of rotatable bonds is 8. The van der Waals surface area contributed by atoms with Crippen LogP contribution in [0, 0.1) is 0 Å². The molecular formula is C26H27N5O2S. The van der Waals surface area contributed by atoms with E-state index >= 15 is 0 Å². The number of piperidine rings is 1. The van der Waals surface area contributed by atoms with Crippen molar-refractivity contribution in [3.63, 3.8) is 0 Å². The number of carbonyl (C=O) groups is 1. The number of amides is 1. The number of likely N-dealkylation sites (tertiary alicyclic amines) is 1. The van der Waals surface area contributed by atoms with E-state index in [9.17, 15) is 4.79 Å². The van der Waals surface area contributed by atoms with Crippen LogP contribution in [0.1, 0.15) is 18.4 Å². The Bertz CT molecular complexity index is 1190. The lowest BCUT2D eigenvalue weighted by Gasteiger charge is -2.32. The van der Waals surface area contributed by atoms with Gasteiger partial charge in [0.15, 0.2) is 10.9 Å². The fraction of sp³-hybridized carbons (Fsp3) is 0.269. The van der Waals surface area contributed by atoms with E-state index < -0.39 is 0 Å². The topological polar surface area (TPSA) is 76.2 Å². The van der Waals surface area contributed by atoms with Gasteiger partial charge in [-0.3, -0.25) is 14.3 Å². The fourth-order valence-corrected chi connectivity index (χ4v) is 4.98. The van der Waals surface area contributed by atoms with Gasteiger partial charge in [-0.15, -0.1) is 10.2 Å². The van der Waals surface area contributed by atoms with Crippen LogP contribution < -0.4 is 5.32 Å². The molecule has 1 aliphatic heterocycles. The van der Waals surface area contributed by atoms with E-state index in [2.05, 4.69) is 44.7 Å². The van der Waals surface area contributed by atoms with Gasteiger partial charge in [0.05, 0.1) is 12.0 Å². The van der Waals surface area contributed by atoms with Gasteiger partial charge in [0.2, 0.25) is 11.7 Å². The summed E-state index contributed by atoms with van der Waals surface area (Å²) in [4.78, 5) is 15.2. The van der Waals surface area contributed by atoms with Gasteiger partial charge in [0.25, 0.3) is 0 Å². The first-order valence-corrected chi connectivity index (χ1v) is 12.5. The molecule has 0 spiro atoms. The normalized spacial score (nSPS) is 14.8. The monoisotopic (exact) mass is 473 g/mol. The predicted octanol–water partition coefficient (Wildman–Crippen LogP) is 4.40. The maximum atomic E-state index is 12.7. The van der Waals surface area contributed by atoms with Gasteiger partial charge >= 0.3 is 0 Å². The molecule has 1 N–H and O–H groups in total. The van der Waals surface area contributed by atoms with Crippen LogP contribution in [0.15, 0.2) is 88.6 Å². The molecule has 1 saturated heterocycles. The van der Waals surface area contributed by atoms with Crippen molar-refractivity contribution in [2.24, 2.45) is 0 Å². The fourth-order valence-electron chi connectivity index (χ4n) is 4.22. The number of benzene rings is 2. The Kier molecular flexibility index (Phi) is 7.07. The Morgan fingerprint density at radius 1 is 0.971 bits per heavy atom. The molecule has 1 fully saturated rings. The number of nitrogens with one attached hydrogen (secondary N) is 1. The molecule has 1 aliphatic rings. The van der Waals surface area contributed by atoms with Crippen molar-refractivity contribution in [1.29, 1.82) is 0 Å². The van der Waals surface area contributed by atoms with E-state index in [1.54, 1.807) is 6.26 Å². The molecule has 174 valence electrons. The van der Waals surface area contributed by atoms with Crippen molar-refractivity contribution in [1.82, 2.24) is 25.0 Å². The van der Waals surface area contributed by atoms with Crippen molar-refractivity contribution in [2.75, 3.05) is 18.8 Å². The summed E-state index contributed by atoms with van der Waals surface area (Å²) in [5, 5.41) is 12.5. The molecule has 8 heteroatoms. The molecular weight excluding hydrogens is 446 g/mol. The molecule has 0 saturated carbocycles.